The Morgan fingerprint density at radius 1 is 1.35 bits per heavy atom. The molecule has 0 aromatic heterocycles. The van der Waals surface area contributed by atoms with Crippen LogP contribution in [0.15, 0.2) is 18.2 Å². The summed E-state index contributed by atoms with van der Waals surface area (Å²) in [7, 11) is -1.73. The summed E-state index contributed by atoms with van der Waals surface area (Å²) in [5.41, 5.74) is 0.814. The van der Waals surface area contributed by atoms with Crippen LogP contribution in [0.4, 0.5) is 10.1 Å². The Balaban J connectivity index is 2.72. The largest absolute Gasteiger partial charge is 0.320 e. The maximum absolute atomic E-state index is 13.3. The van der Waals surface area contributed by atoms with Crippen molar-refractivity contribution in [2.24, 2.45) is 0 Å². The molecule has 0 saturated carbocycles. The molecule has 0 atom stereocenters. The van der Waals surface area contributed by atoms with Gasteiger partial charge in [-0.05, 0) is 44.6 Å². The highest BCUT2D eigenvalue weighted by molar-refractivity contribution is 7.92. The molecule has 0 saturated heterocycles. The van der Waals surface area contributed by atoms with Crippen LogP contribution in [0.2, 0.25) is 0 Å². The van der Waals surface area contributed by atoms with Crippen molar-refractivity contribution in [2.75, 3.05) is 24.1 Å². The highest BCUT2D eigenvalue weighted by Gasteiger charge is 2.12. The summed E-state index contributed by atoms with van der Waals surface area (Å²) < 4.78 is 38.9. The van der Waals surface area contributed by atoms with Gasteiger partial charge in [0.15, 0.2) is 0 Å². The minimum absolute atomic E-state index is 0.00876. The molecule has 0 fully saturated rings. The lowest BCUT2D eigenvalue weighted by molar-refractivity contribution is 0.594. The number of sulfonamides is 1. The number of anilines is 1. The average Bonchev–Trinajstić information content (AvgIpc) is 2.23. The number of benzene rings is 1. The van der Waals surface area contributed by atoms with Crippen LogP contribution in [0.1, 0.15) is 12.0 Å². The van der Waals surface area contributed by atoms with Crippen LogP contribution in [0.3, 0.4) is 0 Å². The van der Waals surface area contributed by atoms with E-state index in [1.54, 1.807) is 20.0 Å². The van der Waals surface area contributed by atoms with Gasteiger partial charge in [-0.1, -0.05) is 6.07 Å². The molecule has 96 valence electrons. The second-order valence-corrected chi connectivity index (χ2v) is 5.70. The second-order valence-electron chi connectivity index (χ2n) is 3.86. The molecule has 0 amide bonds. The van der Waals surface area contributed by atoms with E-state index < -0.39 is 15.8 Å². The summed E-state index contributed by atoms with van der Waals surface area (Å²) in [6.45, 7) is 2.38. The molecule has 0 radical (unpaired) electrons. The molecule has 0 aliphatic carbocycles. The summed E-state index contributed by atoms with van der Waals surface area (Å²) in [4.78, 5) is 0. The van der Waals surface area contributed by atoms with E-state index in [1.165, 1.54) is 12.1 Å². The Kier molecular flexibility index (Phi) is 4.89. The van der Waals surface area contributed by atoms with Gasteiger partial charge in [0.2, 0.25) is 10.0 Å². The van der Waals surface area contributed by atoms with Crippen LogP contribution in [0.25, 0.3) is 0 Å². The third-order valence-electron chi connectivity index (χ3n) is 2.23. The number of rotatable bonds is 6. The number of hydrogen-bond acceptors (Lipinski definition) is 3. The van der Waals surface area contributed by atoms with Crippen molar-refractivity contribution >= 4 is 15.7 Å². The summed E-state index contributed by atoms with van der Waals surface area (Å²) in [6.07, 6.45) is 0.485. The summed E-state index contributed by atoms with van der Waals surface area (Å²) >= 11 is 0. The summed E-state index contributed by atoms with van der Waals surface area (Å²) in [6, 6.07) is 4.32. The topological polar surface area (TPSA) is 58.2 Å². The first kappa shape index (κ1) is 13.9. The molecule has 0 aliphatic rings. The molecule has 0 unspecified atom stereocenters. The van der Waals surface area contributed by atoms with E-state index in [1.807, 2.05) is 0 Å². The monoisotopic (exact) mass is 260 g/mol. The number of aryl methyl sites for hydroxylation is 1. The maximum atomic E-state index is 13.3. The van der Waals surface area contributed by atoms with E-state index in [9.17, 15) is 12.8 Å². The first-order chi connectivity index (χ1) is 7.94. The van der Waals surface area contributed by atoms with Gasteiger partial charge in [0.25, 0.3) is 0 Å². The van der Waals surface area contributed by atoms with Gasteiger partial charge in [-0.25, -0.2) is 12.8 Å². The Morgan fingerprint density at radius 3 is 2.71 bits per heavy atom. The molecule has 6 heteroatoms. The van der Waals surface area contributed by atoms with Crippen LogP contribution in [0.5, 0.6) is 0 Å². The lowest BCUT2D eigenvalue weighted by Crippen LogP contribution is -2.20. The molecule has 2 N–H and O–H groups in total. The highest BCUT2D eigenvalue weighted by Crippen LogP contribution is 2.17. The lowest BCUT2D eigenvalue weighted by Gasteiger charge is -2.09. The zero-order valence-corrected chi connectivity index (χ0v) is 10.8. The van der Waals surface area contributed by atoms with Crippen LogP contribution < -0.4 is 10.0 Å². The third kappa shape index (κ3) is 4.70. The predicted molar refractivity (Wildman–Crippen MR) is 67.1 cm³/mol. The fourth-order valence-corrected chi connectivity index (χ4v) is 2.49. The molecule has 1 aromatic rings. The number of halogens is 1. The van der Waals surface area contributed by atoms with E-state index in [0.29, 0.717) is 13.0 Å². The van der Waals surface area contributed by atoms with Crippen molar-refractivity contribution in [3.63, 3.8) is 0 Å². The van der Waals surface area contributed by atoms with Crippen LogP contribution >= 0.6 is 0 Å². The molecule has 1 rings (SSSR count). The van der Waals surface area contributed by atoms with E-state index in [0.717, 1.165) is 5.56 Å². The second kappa shape index (κ2) is 5.97. The first-order valence-electron chi connectivity index (χ1n) is 5.36. The standard InChI is InChI=1S/C11H17FN2O2S/c1-9-4-5-10(12)11(8-9)14-17(15,16)7-3-6-13-2/h4-5,8,13-14H,3,6-7H2,1-2H3. The smallest absolute Gasteiger partial charge is 0.232 e. The van der Waals surface area contributed by atoms with Gasteiger partial charge in [-0.2, -0.15) is 0 Å². The van der Waals surface area contributed by atoms with Gasteiger partial charge in [0, 0.05) is 0 Å². The van der Waals surface area contributed by atoms with Gasteiger partial charge < -0.3 is 5.32 Å². The van der Waals surface area contributed by atoms with Crippen molar-refractivity contribution in [3.05, 3.63) is 29.6 Å². The van der Waals surface area contributed by atoms with Crippen LogP contribution in [0, 0.1) is 12.7 Å². The van der Waals surface area contributed by atoms with Crippen LogP contribution in [-0.4, -0.2) is 27.8 Å². The Bertz CT molecular complexity index is 474. The van der Waals surface area contributed by atoms with Crippen molar-refractivity contribution < 1.29 is 12.8 Å². The molecule has 17 heavy (non-hydrogen) atoms. The molecular weight excluding hydrogens is 243 g/mol. The minimum atomic E-state index is -3.48. The van der Waals surface area contributed by atoms with Crippen molar-refractivity contribution in [2.45, 2.75) is 13.3 Å². The van der Waals surface area contributed by atoms with Gasteiger partial charge in [0.05, 0.1) is 11.4 Å². The summed E-state index contributed by atoms with van der Waals surface area (Å²) in [5.74, 6) is -0.589. The van der Waals surface area contributed by atoms with E-state index in [-0.39, 0.29) is 11.4 Å². The van der Waals surface area contributed by atoms with Gasteiger partial charge in [-0.3, -0.25) is 4.72 Å². The van der Waals surface area contributed by atoms with E-state index in [4.69, 9.17) is 0 Å². The van der Waals surface area contributed by atoms with E-state index >= 15 is 0 Å². The zero-order valence-electron chi connectivity index (χ0n) is 9.96. The number of hydrogen-bond donors (Lipinski definition) is 2. The van der Waals surface area contributed by atoms with Gasteiger partial charge in [0.1, 0.15) is 5.82 Å². The quantitative estimate of drug-likeness (QED) is 0.762. The fraction of sp³-hybridized carbons (Fsp3) is 0.455. The summed E-state index contributed by atoms with van der Waals surface area (Å²) in [5, 5.41) is 2.86. The van der Waals surface area contributed by atoms with Crippen molar-refractivity contribution in [3.8, 4) is 0 Å². The van der Waals surface area contributed by atoms with E-state index in [2.05, 4.69) is 10.0 Å². The molecule has 4 nitrogen and oxygen atoms in total. The minimum Gasteiger partial charge on any atom is -0.320 e. The Labute approximate surface area is 101 Å². The van der Waals surface area contributed by atoms with Gasteiger partial charge in [-0.15, -0.1) is 0 Å². The maximum Gasteiger partial charge on any atom is 0.232 e. The Hall–Kier alpha value is -1.14. The highest BCUT2D eigenvalue weighted by atomic mass is 32.2. The molecule has 0 heterocycles. The predicted octanol–water partition coefficient (Wildman–Crippen LogP) is 1.49. The zero-order chi connectivity index (χ0) is 12.9. The molecule has 1 aromatic carbocycles. The van der Waals surface area contributed by atoms with Crippen molar-refractivity contribution in [1.82, 2.24) is 5.32 Å². The fourth-order valence-electron chi connectivity index (χ4n) is 1.37. The molecule has 0 bridgehead atoms. The van der Waals surface area contributed by atoms with Crippen molar-refractivity contribution in [1.29, 1.82) is 0 Å². The number of nitrogens with one attached hydrogen (secondary N) is 2. The normalized spacial score (nSPS) is 11.5. The third-order valence-corrected chi connectivity index (χ3v) is 3.58. The average molecular weight is 260 g/mol. The molecular formula is C11H17FN2O2S. The Morgan fingerprint density at radius 2 is 2.06 bits per heavy atom. The van der Waals surface area contributed by atoms with Gasteiger partial charge >= 0.3 is 0 Å². The first-order valence-corrected chi connectivity index (χ1v) is 7.01. The SMILES string of the molecule is CNCCCS(=O)(=O)Nc1cc(C)ccc1F. The molecule has 0 spiro atoms. The van der Waals surface area contributed by atoms with Crippen LogP contribution in [-0.2, 0) is 10.0 Å². The molecule has 0 aliphatic heterocycles. The lowest BCUT2D eigenvalue weighted by atomic mass is 10.2.